The lowest BCUT2D eigenvalue weighted by Gasteiger charge is -2.46. The lowest BCUT2D eigenvalue weighted by Crippen LogP contribution is -2.50. The molecule has 3 atom stereocenters. The first-order chi connectivity index (χ1) is 19.0. The van der Waals surface area contributed by atoms with Crippen LogP contribution in [0.2, 0.25) is 0 Å². The van der Waals surface area contributed by atoms with Crippen LogP contribution in [0.1, 0.15) is 75.2 Å². The molecule has 202 valence electrons. The number of rotatable bonds is 6. The molecule has 0 radical (unpaired) electrons. The number of para-hydroxylation sites is 2. The summed E-state index contributed by atoms with van der Waals surface area (Å²) in [6.07, 6.45) is 9.56. The van der Waals surface area contributed by atoms with Gasteiger partial charge in [0.05, 0.1) is 17.1 Å². The Balaban J connectivity index is 1.07. The molecule has 6 nitrogen and oxygen atoms in total. The molecular weight excluding hydrogens is 482 g/mol. The van der Waals surface area contributed by atoms with Crippen LogP contribution in [0, 0.1) is 23.7 Å². The highest BCUT2D eigenvalue weighted by Gasteiger charge is 2.53. The normalized spacial score (nSPS) is 27.4. The van der Waals surface area contributed by atoms with Crippen molar-refractivity contribution < 1.29 is 4.79 Å². The number of benzene rings is 2. The first-order valence-corrected chi connectivity index (χ1v) is 15.0. The summed E-state index contributed by atoms with van der Waals surface area (Å²) in [6, 6.07) is 23.7. The Hall–Kier alpha value is -3.17. The van der Waals surface area contributed by atoms with E-state index >= 15 is 0 Å². The van der Waals surface area contributed by atoms with Gasteiger partial charge in [-0.25, -0.2) is 4.98 Å². The summed E-state index contributed by atoms with van der Waals surface area (Å²) in [5.74, 6) is 1.22. The van der Waals surface area contributed by atoms with Crippen molar-refractivity contribution >= 4 is 16.9 Å². The number of piperidine rings is 2. The Kier molecular flexibility index (Phi) is 6.04. The highest BCUT2D eigenvalue weighted by Crippen LogP contribution is 2.49. The topological polar surface area (TPSA) is 65.2 Å². The average Bonchev–Trinajstić information content (AvgIpc) is 3.65. The number of amides is 1. The van der Waals surface area contributed by atoms with E-state index in [0.29, 0.717) is 18.1 Å². The van der Waals surface area contributed by atoms with Crippen LogP contribution >= 0.6 is 0 Å². The Bertz CT molecular complexity index is 1390. The third-order valence-corrected chi connectivity index (χ3v) is 10.6. The molecule has 6 heteroatoms. The number of nitriles is 1. The van der Waals surface area contributed by atoms with Gasteiger partial charge in [-0.1, -0.05) is 42.5 Å². The number of fused-ring (bicyclic) bond motifs is 3. The SMILES string of the molecule is Cc1nc2ccccc2n1C1C[C@H]2CC[C@@H](C1)N2CCC1(c2ccccc2)CCN(C(=O)C2(C#N)CC2)CC1. The lowest BCUT2D eigenvalue weighted by atomic mass is 9.70. The maximum absolute atomic E-state index is 13.1. The molecular formula is C33H39N5O. The number of carbonyl (C=O) groups excluding carboxylic acids is 1. The molecule has 2 bridgehead atoms. The van der Waals surface area contributed by atoms with Crippen molar-refractivity contribution in [3.05, 3.63) is 66.0 Å². The molecule has 1 saturated carbocycles. The van der Waals surface area contributed by atoms with Crippen molar-refractivity contribution in [3.8, 4) is 6.07 Å². The van der Waals surface area contributed by atoms with E-state index in [2.05, 4.69) is 77.1 Å². The lowest BCUT2D eigenvalue weighted by molar-refractivity contribution is -0.136. The number of carbonyl (C=O) groups is 1. The van der Waals surface area contributed by atoms with Crippen molar-refractivity contribution in [2.45, 2.75) is 88.3 Å². The van der Waals surface area contributed by atoms with Gasteiger partial charge in [0.1, 0.15) is 11.2 Å². The molecule has 0 spiro atoms. The fraction of sp³-hybridized carbons (Fsp3) is 0.545. The van der Waals surface area contributed by atoms with E-state index in [1.807, 2.05) is 4.90 Å². The zero-order valence-electron chi connectivity index (χ0n) is 23.1. The highest BCUT2D eigenvalue weighted by molar-refractivity contribution is 5.88. The summed E-state index contributed by atoms with van der Waals surface area (Å²) in [6.45, 7) is 4.81. The highest BCUT2D eigenvalue weighted by atomic mass is 16.2. The Morgan fingerprint density at radius 2 is 1.62 bits per heavy atom. The molecule has 7 rings (SSSR count). The fourth-order valence-corrected chi connectivity index (χ4v) is 8.20. The van der Waals surface area contributed by atoms with Gasteiger partial charge in [-0.05, 0) is 94.4 Å². The van der Waals surface area contributed by atoms with Crippen molar-refractivity contribution in [2.24, 2.45) is 5.41 Å². The number of likely N-dealkylation sites (tertiary alicyclic amines) is 1. The summed E-state index contributed by atoms with van der Waals surface area (Å²) in [5.41, 5.74) is 3.19. The van der Waals surface area contributed by atoms with Gasteiger partial charge in [0.25, 0.3) is 0 Å². The van der Waals surface area contributed by atoms with Crippen LogP contribution < -0.4 is 0 Å². The molecule has 1 unspecified atom stereocenters. The quantitative estimate of drug-likeness (QED) is 0.413. The number of aryl methyl sites for hydroxylation is 1. The van der Waals surface area contributed by atoms with Gasteiger partial charge < -0.3 is 9.47 Å². The summed E-state index contributed by atoms with van der Waals surface area (Å²) in [7, 11) is 0. The molecule has 1 aromatic heterocycles. The monoisotopic (exact) mass is 521 g/mol. The minimum absolute atomic E-state index is 0.0779. The predicted molar refractivity (Wildman–Crippen MR) is 152 cm³/mol. The van der Waals surface area contributed by atoms with E-state index in [1.165, 1.54) is 36.8 Å². The van der Waals surface area contributed by atoms with Crippen molar-refractivity contribution in [1.29, 1.82) is 5.26 Å². The summed E-state index contributed by atoms with van der Waals surface area (Å²) >= 11 is 0. The van der Waals surface area contributed by atoms with Crippen molar-refractivity contribution in [1.82, 2.24) is 19.4 Å². The van der Waals surface area contributed by atoms with E-state index < -0.39 is 5.41 Å². The minimum Gasteiger partial charge on any atom is -0.341 e. The van der Waals surface area contributed by atoms with Gasteiger partial charge in [0, 0.05) is 31.2 Å². The van der Waals surface area contributed by atoms with Crippen LogP contribution in [-0.4, -0.2) is 57.0 Å². The fourth-order valence-electron chi connectivity index (χ4n) is 8.20. The third-order valence-electron chi connectivity index (χ3n) is 10.6. The average molecular weight is 522 g/mol. The van der Waals surface area contributed by atoms with E-state index in [9.17, 15) is 10.1 Å². The molecule has 4 heterocycles. The molecule has 1 aliphatic carbocycles. The number of nitrogens with zero attached hydrogens (tertiary/aromatic N) is 5. The zero-order valence-corrected chi connectivity index (χ0v) is 23.1. The van der Waals surface area contributed by atoms with Gasteiger partial charge >= 0.3 is 0 Å². The van der Waals surface area contributed by atoms with E-state index in [1.54, 1.807) is 0 Å². The first-order valence-electron chi connectivity index (χ1n) is 15.0. The van der Waals surface area contributed by atoms with Gasteiger partial charge in [0.2, 0.25) is 5.91 Å². The second-order valence-corrected chi connectivity index (χ2v) is 12.6. The minimum atomic E-state index is -0.713. The molecule has 1 amide bonds. The van der Waals surface area contributed by atoms with Crippen LogP contribution in [0.25, 0.3) is 11.0 Å². The summed E-state index contributed by atoms with van der Waals surface area (Å²) in [4.78, 5) is 22.8. The van der Waals surface area contributed by atoms with Gasteiger partial charge in [-0.3, -0.25) is 9.69 Å². The summed E-state index contributed by atoms with van der Waals surface area (Å²) in [5, 5.41) is 9.56. The van der Waals surface area contributed by atoms with E-state index in [0.717, 1.165) is 63.1 Å². The molecule has 4 fully saturated rings. The molecule has 4 aliphatic rings. The Labute approximate surface area is 231 Å². The van der Waals surface area contributed by atoms with Gasteiger partial charge in [-0.15, -0.1) is 0 Å². The van der Waals surface area contributed by atoms with Gasteiger partial charge in [-0.2, -0.15) is 5.26 Å². The summed E-state index contributed by atoms with van der Waals surface area (Å²) < 4.78 is 2.52. The maximum Gasteiger partial charge on any atom is 0.243 e. The maximum atomic E-state index is 13.1. The van der Waals surface area contributed by atoms with Crippen LogP contribution in [0.15, 0.2) is 54.6 Å². The van der Waals surface area contributed by atoms with Crippen LogP contribution in [-0.2, 0) is 10.2 Å². The van der Waals surface area contributed by atoms with Gasteiger partial charge in [0.15, 0.2) is 0 Å². The molecule has 0 N–H and O–H groups in total. The smallest absolute Gasteiger partial charge is 0.243 e. The Morgan fingerprint density at radius 3 is 2.28 bits per heavy atom. The van der Waals surface area contributed by atoms with E-state index in [4.69, 9.17) is 4.98 Å². The van der Waals surface area contributed by atoms with Crippen LogP contribution in [0.4, 0.5) is 0 Å². The third kappa shape index (κ3) is 4.17. The number of hydrogen-bond acceptors (Lipinski definition) is 4. The van der Waals surface area contributed by atoms with Crippen LogP contribution in [0.5, 0.6) is 0 Å². The standard InChI is InChI=1S/C33H39N5O/c1-24-35-29-9-5-6-10-30(29)38(24)28-21-26-11-12-27(22-28)37(26)20-17-32(25-7-3-2-4-8-25)15-18-36(19-16-32)31(39)33(23-34)13-14-33/h2-10,26-28H,11-22H2,1H3/t26-,27+,28?. The molecule has 2 aromatic carbocycles. The molecule has 3 aromatic rings. The molecule has 3 saturated heterocycles. The van der Waals surface area contributed by atoms with Crippen LogP contribution in [0.3, 0.4) is 0 Å². The number of hydrogen-bond donors (Lipinski definition) is 0. The number of aromatic nitrogens is 2. The second-order valence-electron chi connectivity index (χ2n) is 12.6. The predicted octanol–water partition coefficient (Wildman–Crippen LogP) is 5.77. The largest absolute Gasteiger partial charge is 0.341 e. The van der Waals surface area contributed by atoms with Crippen molar-refractivity contribution in [2.75, 3.05) is 19.6 Å². The molecule has 3 aliphatic heterocycles. The van der Waals surface area contributed by atoms with E-state index in [-0.39, 0.29) is 11.3 Å². The van der Waals surface area contributed by atoms with Crippen molar-refractivity contribution in [3.63, 3.8) is 0 Å². The molecule has 39 heavy (non-hydrogen) atoms. The first kappa shape index (κ1) is 24.8. The second kappa shape index (κ2) is 9.48. The number of imidazole rings is 1. The Morgan fingerprint density at radius 1 is 0.949 bits per heavy atom. The zero-order chi connectivity index (χ0) is 26.6.